The van der Waals surface area contributed by atoms with Crippen LogP contribution >= 0.6 is 0 Å². The van der Waals surface area contributed by atoms with Gasteiger partial charge in [0.05, 0.1) is 4.92 Å². The van der Waals surface area contributed by atoms with E-state index in [1.54, 1.807) is 18.2 Å². The molecule has 5 nitrogen and oxygen atoms in total. The van der Waals surface area contributed by atoms with E-state index in [1.807, 2.05) is 6.92 Å². The fourth-order valence-corrected chi connectivity index (χ4v) is 2.63. The second-order valence-electron chi connectivity index (χ2n) is 4.93. The van der Waals surface area contributed by atoms with Crippen molar-refractivity contribution >= 4 is 11.4 Å². The van der Waals surface area contributed by atoms with Crippen LogP contribution in [0.4, 0.5) is 11.4 Å². The molecule has 0 amide bonds. The van der Waals surface area contributed by atoms with Crippen LogP contribution in [0.1, 0.15) is 24.8 Å². The van der Waals surface area contributed by atoms with Gasteiger partial charge in [-0.1, -0.05) is 6.42 Å². The van der Waals surface area contributed by atoms with Crippen molar-refractivity contribution in [2.24, 2.45) is 11.7 Å². The molecule has 0 bridgehead atoms. The highest BCUT2D eigenvalue weighted by molar-refractivity contribution is 5.56. The van der Waals surface area contributed by atoms with Gasteiger partial charge in [-0.15, -0.1) is 0 Å². The first-order valence-corrected chi connectivity index (χ1v) is 6.33. The summed E-state index contributed by atoms with van der Waals surface area (Å²) in [7, 11) is 0. The summed E-state index contributed by atoms with van der Waals surface area (Å²) in [6.45, 7) is 2.59. The lowest BCUT2D eigenvalue weighted by atomic mass is 10.0. The lowest BCUT2D eigenvalue weighted by Crippen LogP contribution is -2.29. The van der Waals surface area contributed by atoms with Crippen molar-refractivity contribution in [2.45, 2.75) is 32.2 Å². The lowest BCUT2D eigenvalue weighted by Gasteiger charge is -2.21. The fourth-order valence-electron chi connectivity index (χ4n) is 2.63. The van der Waals surface area contributed by atoms with Gasteiger partial charge in [0.25, 0.3) is 5.69 Å². The summed E-state index contributed by atoms with van der Waals surface area (Å²) in [6, 6.07) is 5.34. The molecule has 1 saturated carbocycles. The Kier molecular flexibility index (Phi) is 3.81. The minimum atomic E-state index is -0.366. The molecule has 5 heteroatoms. The number of benzene rings is 1. The largest absolute Gasteiger partial charge is 0.382 e. The molecule has 1 aromatic carbocycles. The minimum absolute atomic E-state index is 0.139. The number of nitrogens with one attached hydrogen (secondary N) is 1. The summed E-state index contributed by atoms with van der Waals surface area (Å²) < 4.78 is 0. The molecular weight excluding hydrogens is 230 g/mol. The van der Waals surface area contributed by atoms with Gasteiger partial charge in [-0.3, -0.25) is 10.1 Å². The molecule has 2 rings (SSSR count). The smallest absolute Gasteiger partial charge is 0.269 e. The van der Waals surface area contributed by atoms with Gasteiger partial charge >= 0.3 is 0 Å². The number of hydrogen-bond donors (Lipinski definition) is 2. The Balaban J connectivity index is 2.12. The number of nitro groups is 1. The number of hydrogen-bond acceptors (Lipinski definition) is 4. The summed E-state index contributed by atoms with van der Waals surface area (Å²) >= 11 is 0. The van der Waals surface area contributed by atoms with Gasteiger partial charge in [0.2, 0.25) is 0 Å². The molecule has 2 atom stereocenters. The molecule has 1 aliphatic carbocycles. The average molecular weight is 249 g/mol. The molecule has 0 aromatic heterocycles. The Hall–Kier alpha value is -1.62. The molecule has 18 heavy (non-hydrogen) atoms. The van der Waals surface area contributed by atoms with Crippen molar-refractivity contribution in [3.8, 4) is 0 Å². The monoisotopic (exact) mass is 249 g/mol. The van der Waals surface area contributed by atoms with E-state index in [1.165, 1.54) is 12.8 Å². The highest BCUT2D eigenvalue weighted by Gasteiger charge is 2.26. The first kappa shape index (κ1) is 12.8. The molecular formula is C13H19N3O2. The van der Waals surface area contributed by atoms with E-state index in [0.717, 1.165) is 17.7 Å². The van der Waals surface area contributed by atoms with Crippen LogP contribution < -0.4 is 11.1 Å². The van der Waals surface area contributed by atoms with Crippen LogP contribution in [-0.4, -0.2) is 17.5 Å². The molecule has 0 saturated heterocycles. The van der Waals surface area contributed by atoms with Gasteiger partial charge in [0.15, 0.2) is 0 Å². The van der Waals surface area contributed by atoms with Crippen molar-refractivity contribution < 1.29 is 4.92 Å². The number of non-ortho nitro benzene ring substituents is 1. The average Bonchev–Trinajstić information content (AvgIpc) is 2.78. The standard InChI is InChI=1S/C13H19N3O2/c1-9-7-11(16(17)18)5-6-12(9)15-13-4-2-3-10(13)8-14/h5-7,10,13,15H,2-4,8,14H2,1H3. The Labute approximate surface area is 107 Å². The normalized spacial score (nSPS) is 23.0. The molecule has 1 fully saturated rings. The zero-order chi connectivity index (χ0) is 13.1. The fraction of sp³-hybridized carbons (Fsp3) is 0.538. The molecule has 1 aromatic rings. The molecule has 3 N–H and O–H groups in total. The van der Waals surface area contributed by atoms with Crippen LogP contribution in [0.15, 0.2) is 18.2 Å². The second kappa shape index (κ2) is 5.35. The van der Waals surface area contributed by atoms with Crippen LogP contribution in [0.2, 0.25) is 0 Å². The predicted octanol–water partition coefficient (Wildman–Crippen LogP) is 2.44. The maximum Gasteiger partial charge on any atom is 0.269 e. The summed E-state index contributed by atoms with van der Waals surface area (Å²) in [5.41, 5.74) is 7.78. The van der Waals surface area contributed by atoms with Gasteiger partial charge in [-0.2, -0.15) is 0 Å². The van der Waals surface area contributed by atoms with Crippen molar-refractivity contribution in [3.63, 3.8) is 0 Å². The highest BCUT2D eigenvalue weighted by Crippen LogP contribution is 2.29. The Bertz CT molecular complexity index is 448. The van der Waals surface area contributed by atoms with E-state index in [0.29, 0.717) is 18.5 Å². The number of nitrogens with two attached hydrogens (primary N) is 1. The quantitative estimate of drug-likeness (QED) is 0.634. The van der Waals surface area contributed by atoms with E-state index >= 15 is 0 Å². The molecule has 1 aliphatic rings. The molecule has 0 heterocycles. The second-order valence-corrected chi connectivity index (χ2v) is 4.93. The van der Waals surface area contributed by atoms with Crippen molar-refractivity contribution in [1.29, 1.82) is 0 Å². The third kappa shape index (κ3) is 2.61. The van der Waals surface area contributed by atoms with Gasteiger partial charge in [-0.25, -0.2) is 0 Å². The van der Waals surface area contributed by atoms with Crippen LogP contribution in [-0.2, 0) is 0 Å². The van der Waals surface area contributed by atoms with Gasteiger partial charge in [0.1, 0.15) is 0 Å². The Morgan fingerprint density at radius 2 is 2.28 bits per heavy atom. The van der Waals surface area contributed by atoms with Gasteiger partial charge < -0.3 is 11.1 Å². The summed E-state index contributed by atoms with van der Waals surface area (Å²) in [4.78, 5) is 10.3. The third-order valence-electron chi connectivity index (χ3n) is 3.72. The van der Waals surface area contributed by atoms with E-state index in [9.17, 15) is 10.1 Å². The number of anilines is 1. The SMILES string of the molecule is Cc1cc([N+](=O)[O-])ccc1NC1CCCC1CN. The van der Waals surface area contributed by atoms with Crippen LogP contribution in [0, 0.1) is 23.0 Å². The van der Waals surface area contributed by atoms with Crippen molar-refractivity contribution in [2.75, 3.05) is 11.9 Å². The van der Waals surface area contributed by atoms with E-state index in [2.05, 4.69) is 5.32 Å². The van der Waals surface area contributed by atoms with E-state index < -0.39 is 0 Å². The third-order valence-corrected chi connectivity index (χ3v) is 3.72. The topological polar surface area (TPSA) is 81.2 Å². The van der Waals surface area contributed by atoms with Crippen LogP contribution in [0.3, 0.4) is 0 Å². The summed E-state index contributed by atoms with van der Waals surface area (Å²) in [6.07, 6.45) is 3.49. The molecule has 0 aliphatic heterocycles. The van der Waals surface area contributed by atoms with Crippen molar-refractivity contribution in [3.05, 3.63) is 33.9 Å². The number of nitro benzene ring substituents is 1. The van der Waals surface area contributed by atoms with Crippen LogP contribution in [0.5, 0.6) is 0 Å². The molecule has 0 spiro atoms. The molecule has 0 radical (unpaired) electrons. The molecule has 2 unspecified atom stereocenters. The first-order valence-electron chi connectivity index (χ1n) is 6.33. The maximum atomic E-state index is 10.7. The zero-order valence-corrected chi connectivity index (χ0v) is 10.6. The zero-order valence-electron chi connectivity index (χ0n) is 10.6. The number of aryl methyl sites for hydroxylation is 1. The molecule has 98 valence electrons. The minimum Gasteiger partial charge on any atom is -0.382 e. The first-order chi connectivity index (χ1) is 8.61. The highest BCUT2D eigenvalue weighted by atomic mass is 16.6. The predicted molar refractivity (Wildman–Crippen MR) is 71.6 cm³/mol. The maximum absolute atomic E-state index is 10.7. The van der Waals surface area contributed by atoms with Crippen LogP contribution in [0.25, 0.3) is 0 Å². The lowest BCUT2D eigenvalue weighted by molar-refractivity contribution is -0.384. The van der Waals surface area contributed by atoms with Crippen molar-refractivity contribution in [1.82, 2.24) is 0 Å². The van der Waals surface area contributed by atoms with E-state index in [-0.39, 0.29) is 10.6 Å². The van der Waals surface area contributed by atoms with E-state index in [4.69, 9.17) is 5.73 Å². The summed E-state index contributed by atoms with van der Waals surface area (Å²) in [5.74, 6) is 0.514. The van der Waals surface area contributed by atoms with Gasteiger partial charge in [-0.05, 0) is 43.9 Å². The Morgan fingerprint density at radius 3 is 2.89 bits per heavy atom. The van der Waals surface area contributed by atoms with Gasteiger partial charge in [0, 0.05) is 23.9 Å². The Morgan fingerprint density at radius 1 is 1.50 bits per heavy atom. The summed E-state index contributed by atoms with van der Waals surface area (Å²) in [5, 5.41) is 14.1. The number of nitrogens with zero attached hydrogens (tertiary/aromatic N) is 1. The number of rotatable bonds is 4.